The van der Waals surface area contributed by atoms with E-state index in [9.17, 15) is 4.79 Å². The minimum atomic E-state index is -0.0392. The summed E-state index contributed by atoms with van der Waals surface area (Å²) in [5.74, 6) is 1.96. The second-order valence-electron chi connectivity index (χ2n) is 7.50. The van der Waals surface area contributed by atoms with E-state index in [0.717, 1.165) is 70.4 Å². The molecule has 0 spiro atoms. The number of amides is 1. The highest BCUT2D eigenvalue weighted by Gasteiger charge is 2.30. The number of hydrogen-bond donors (Lipinski definition) is 1. The molecule has 1 atom stereocenters. The molecule has 2 aliphatic heterocycles. The standard InChI is InChI=1S/C21H34N6O2.HI/c1-3-23-21(24-9-16-29-19-7-6-8-22-17-19)27-14-12-25(13-15-27)18(2)20(28)26-10-4-5-11-26;/h6-8,17-18H,3-5,9-16H2,1-2H3,(H,23,24);1H. The highest BCUT2D eigenvalue weighted by atomic mass is 127. The first-order valence-corrected chi connectivity index (χ1v) is 10.8. The topological polar surface area (TPSA) is 73.3 Å². The number of halogens is 1. The van der Waals surface area contributed by atoms with Gasteiger partial charge in [0.25, 0.3) is 0 Å². The number of carbonyl (C=O) groups excluding carboxylic acids is 1. The molecule has 1 N–H and O–H groups in total. The molecule has 1 amide bonds. The average molecular weight is 530 g/mol. The summed E-state index contributed by atoms with van der Waals surface area (Å²) in [4.78, 5) is 28.0. The zero-order valence-corrected chi connectivity index (χ0v) is 20.5. The number of piperazine rings is 1. The smallest absolute Gasteiger partial charge is 0.239 e. The normalized spacial score (nSPS) is 18.7. The Morgan fingerprint density at radius 3 is 2.57 bits per heavy atom. The molecule has 0 aliphatic carbocycles. The second kappa shape index (κ2) is 12.9. The van der Waals surface area contributed by atoms with E-state index < -0.39 is 0 Å². The van der Waals surface area contributed by atoms with E-state index in [1.54, 1.807) is 12.4 Å². The Hall–Kier alpha value is -1.62. The number of nitrogens with one attached hydrogen (secondary N) is 1. The zero-order chi connectivity index (χ0) is 20.5. The van der Waals surface area contributed by atoms with Crippen LogP contribution in [0.4, 0.5) is 0 Å². The molecule has 0 aromatic carbocycles. The molecule has 3 rings (SSSR count). The number of guanidine groups is 1. The zero-order valence-electron chi connectivity index (χ0n) is 18.1. The number of hydrogen-bond acceptors (Lipinski definition) is 5. The number of ether oxygens (including phenoxy) is 1. The van der Waals surface area contributed by atoms with Crippen LogP contribution in [0, 0.1) is 0 Å². The van der Waals surface area contributed by atoms with Gasteiger partial charge in [0.2, 0.25) is 5.91 Å². The third-order valence-electron chi connectivity index (χ3n) is 5.53. The third kappa shape index (κ3) is 6.97. The Kier molecular flexibility index (Phi) is 10.6. The van der Waals surface area contributed by atoms with Gasteiger partial charge in [-0.15, -0.1) is 24.0 Å². The van der Waals surface area contributed by atoms with Gasteiger partial charge in [-0.25, -0.2) is 4.99 Å². The number of carbonyl (C=O) groups is 1. The van der Waals surface area contributed by atoms with Gasteiger partial charge in [0.15, 0.2) is 5.96 Å². The Balaban J connectivity index is 0.00000320. The van der Waals surface area contributed by atoms with Crippen molar-refractivity contribution in [3.63, 3.8) is 0 Å². The molecule has 1 unspecified atom stereocenters. The molecule has 2 saturated heterocycles. The minimum absolute atomic E-state index is 0. The minimum Gasteiger partial charge on any atom is -0.490 e. The number of nitrogens with zero attached hydrogens (tertiary/aromatic N) is 5. The van der Waals surface area contributed by atoms with E-state index in [2.05, 4.69) is 27.0 Å². The van der Waals surface area contributed by atoms with Gasteiger partial charge < -0.3 is 19.9 Å². The summed E-state index contributed by atoms with van der Waals surface area (Å²) < 4.78 is 5.68. The number of likely N-dealkylation sites (tertiary alicyclic amines) is 1. The molecular formula is C21H35IN6O2. The number of aliphatic imine (C=N–C) groups is 1. The molecule has 168 valence electrons. The Morgan fingerprint density at radius 1 is 1.20 bits per heavy atom. The van der Waals surface area contributed by atoms with Crippen LogP contribution in [0.1, 0.15) is 26.7 Å². The molecule has 0 radical (unpaired) electrons. The number of rotatable bonds is 7. The van der Waals surface area contributed by atoms with Crippen molar-refractivity contribution in [2.45, 2.75) is 32.7 Å². The predicted octanol–water partition coefficient (Wildman–Crippen LogP) is 1.67. The van der Waals surface area contributed by atoms with E-state index in [4.69, 9.17) is 9.73 Å². The Labute approximate surface area is 197 Å². The van der Waals surface area contributed by atoms with Crippen molar-refractivity contribution in [1.29, 1.82) is 0 Å². The molecule has 9 heteroatoms. The van der Waals surface area contributed by atoms with E-state index in [1.165, 1.54) is 0 Å². The fraction of sp³-hybridized carbons (Fsp3) is 0.667. The van der Waals surface area contributed by atoms with Gasteiger partial charge in [-0.1, -0.05) is 0 Å². The number of aromatic nitrogens is 1. The van der Waals surface area contributed by atoms with Crippen LogP contribution in [0.2, 0.25) is 0 Å². The predicted molar refractivity (Wildman–Crippen MR) is 130 cm³/mol. The molecule has 1 aromatic rings. The average Bonchev–Trinajstić information content (AvgIpc) is 3.31. The van der Waals surface area contributed by atoms with Crippen LogP contribution in [0.15, 0.2) is 29.5 Å². The Bertz CT molecular complexity index is 661. The molecule has 3 heterocycles. The first-order chi connectivity index (χ1) is 14.2. The maximum Gasteiger partial charge on any atom is 0.239 e. The summed E-state index contributed by atoms with van der Waals surface area (Å²) >= 11 is 0. The van der Waals surface area contributed by atoms with Crippen LogP contribution in [-0.4, -0.2) is 96.6 Å². The van der Waals surface area contributed by atoms with Crippen LogP contribution >= 0.6 is 24.0 Å². The summed E-state index contributed by atoms with van der Waals surface area (Å²) in [5.41, 5.74) is 0. The number of pyridine rings is 1. The van der Waals surface area contributed by atoms with Crippen molar-refractivity contribution in [1.82, 2.24) is 25.0 Å². The molecule has 30 heavy (non-hydrogen) atoms. The summed E-state index contributed by atoms with van der Waals surface area (Å²) in [7, 11) is 0. The fourth-order valence-electron chi connectivity index (χ4n) is 3.85. The largest absolute Gasteiger partial charge is 0.490 e. The van der Waals surface area contributed by atoms with Crippen LogP contribution < -0.4 is 10.1 Å². The summed E-state index contributed by atoms with van der Waals surface area (Å²) in [6.45, 7) is 11.4. The van der Waals surface area contributed by atoms with Crippen molar-refractivity contribution in [2.75, 3.05) is 59.0 Å². The van der Waals surface area contributed by atoms with Crippen LogP contribution in [0.25, 0.3) is 0 Å². The van der Waals surface area contributed by atoms with Gasteiger partial charge in [0.05, 0.1) is 18.8 Å². The SMILES string of the molecule is CCNC(=NCCOc1cccnc1)N1CCN(C(C)C(=O)N2CCCC2)CC1.I. The maximum absolute atomic E-state index is 12.7. The highest BCUT2D eigenvalue weighted by molar-refractivity contribution is 14.0. The first-order valence-electron chi connectivity index (χ1n) is 10.8. The van der Waals surface area contributed by atoms with Crippen LogP contribution in [0.3, 0.4) is 0 Å². The quantitative estimate of drug-likeness (QED) is 0.250. The molecule has 2 aliphatic rings. The molecule has 0 saturated carbocycles. The van der Waals surface area contributed by atoms with Crippen LogP contribution in [0.5, 0.6) is 5.75 Å². The van der Waals surface area contributed by atoms with Crippen molar-refractivity contribution in [3.8, 4) is 5.75 Å². The van der Waals surface area contributed by atoms with Crippen molar-refractivity contribution < 1.29 is 9.53 Å². The van der Waals surface area contributed by atoms with Gasteiger partial charge in [-0.2, -0.15) is 0 Å². The van der Waals surface area contributed by atoms with Crippen molar-refractivity contribution in [3.05, 3.63) is 24.5 Å². The first kappa shape index (κ1) is 24.6. The van der Waals surface area contributed by atoms with E-state index in [1.807, 2.05) is 24.0 Å². The van der Waals surface area contributed by atoms with Crippen LogP contribution in [-0.2, 0) is 4.79 Å². The van der Waals surface area contributed by atoms with Gasteiger partial charge in [-0.3, -0.25) is 14.7 Å². The van der Waals surface area contributed by atoms with Gasteiger partial charge in [0, 0.05) is 52.0 Å². The van der Waals surface area contributed by atoms with Crippen molar-refractivity contribution >= 4 is 35.8 Å². The molecule has 2 fully saturated rings. The van der Waals surface area contributed by atoms with Gasteiger partial charge in [-0.05, 0) is 38.8 Å². The summed E-state index contributed by atoms with van der Waals surface area (Å²) in [5, 5.41) is 3.38. The maximum atomic E-state index is 12.7. The van der Waals surface area contributed by atoms with Gasteiger partial charge >= 0.3 is 0 Å². The fourth-order valence-corrected chi connectivity index (χ4v) is 3.85. The van der Waals surface area contributed by atoms with E-state index in [-0.39, 0.29) is 35.9 Å². The lowest BCUT2D eigenvalue weighted by atomic mass is 10.2. The molecule has 0 bridgehead atoms. The molecule has 1 aromatic heterocycles. The van der Waals surface area contributed by atoms with Crippen molar-refractivity contribution in [2.24, 2.45) is 4.99 Å². The summed E-state index contributed by atoms with van der Waals surface area (Å²) in [6.07, 6.45) is 5.71. The highest BCUT2D eigenvalue weighted by Crippen LogP contribution is 2.14. The lowest BCUT2D eigenvalue weighted by Crippen LogP contribution is -2.57. The lowest BCUT2D eigenvalue weighted by molar-refractivity contribution is -0.135. The molecule has 8 nitrogen and oxygen atoms in total. The second-order valence-corrected chi connectivity index (χ2v) is 7.50. The van der Waals surface area contributed by atoms with Gasteiger partial charge in [0.1, 0.15) is 12.4 Å². The van der Waals surface area contributed by atoms with E-state index in [0.29, 0.717) is 13.2 Å². The third-order valence-corrected chi connectivity index (χ3v) is 5.53. The lowest BCUT2D eigenvalue weighted by Gasteiger charge is -2.39. The monoisotopic (exact) mass is 530 g/mol. The summed E-state index contributed by atoms with van der Waals surface area (Å²) in [6, 6.07) is 3.71. The molecular weight excluding hydrogens is 495 g/mol. The Morgan fingerprint density at radius 2 is 1.93 bits per heavy atom. The van der Waals surface area contributed by atoms with E-state index >= 15 is 0 Å².